The van der Waals surface area contributed by atoms with E-state index in [1.165, 1.54) is 0 Å². The zero-order valence-corrected chi connectivity index (χ0v) is 14.8. The Morgan fingerprint density at radius 2 is 1.88 bits per heavy atom. The van der Waals surface area contributed by atoms with Gasteiger partial charge in [0.1, 0.15) is 5.60 Å². The molecule has 0 saturated carbocycles. The minimum atomic E-state index is -0.785. The van der Waals surface area contributed by atoms with Crippen molar-refractivity contribution in [2.45, 2.75) is 51.4 Å². The summed E-state index contributed by atoms with van der Waals surface area (Å²) in [6, 6.07) is 7.67. The molecule has 1 aliphatic rings. The van der Waals surface area contributed by atoms with E-state index < -0.39 is 11.2 Å². The number of nitrogens with zero attached hydrogens (tertiary/aromatic N) is 1. The van der Waals surface area contributed by atoms with Gasteiger partial charge >= 0.3 is 6.09 Å². The van der Waals surface area contributed by atoms with Crippen LogP contribution in [0.2, 0.25) is 0 Å². The second-order valence-electron chi connectivity index (χ2n) is 7.54. The summed E-state index contributed by atoms with van der Waals surface area (Å²) in [7, 11) is 0. The van der Waals surface area contributed by atoms with E-state index in [0.717, 1.165) is 11.3 Å². The molecule has 6 heteroatoms. The topological polar surface area (TPSA) is 87.8 Å². The molecule has 0 bridgehead atoms. The molecule has 1 aromatic carbocycles. The van der Waals surface area contributed by atoms with Gasteiger partial charge in [0.2, 0.25) is 0 Å². The average Bonchev–Trinajstić information content (AvgIpc) is 2.48. The Balaban J connectivity index is 1.75. The number of hydrogen-bond donors (Lipinski definition) is 3. The molecule has 1 aromatic rings. The number of anilines is 1. The molecule has 1 fully saturated rings. The van der Waals surface area contributed by atoms with Gasteiger partial charge in [0.05, 0.1) is 5.60 Å². The molecule has 24 heavy (non-hydrogen) atoms. The van der Waals surface area contributed by atoms with E-state index in [-0.39, 0.29) is 6.09 Å². The van der Waals surface area contributed by atoms with Crippen LogP contribution >= 0.6 is 0 Å². The Morgan fingerprint density at radius 3 is 2.42 bits per heavy atom. The largest absolute Gasteiger partial charge is 0.444 e. The Labute approximate surface area is 144 Å². The van der Waals surface area contributed by atoms with E-state index in [4.69, 9.17) is 10.5 Å². The van der Waals surface area contributed by atoms with Gasteiger partial charge in [-0.1, -0.05) is 12.1 Å². The number of carbonyl (C=O) groups excluding carboxylic acids is 1. The first kappa shape index (κ1) is 18.5. The first-order valence-corrected chi connectivity index (χ1v) is 8.42. The fourth-order valence-corrected chi connectivity index (χ4v) is 2.68. The first-order valence-electron chi connectivity index (χ1n) is 8.42. The Bertz CT molecular complexity index is 544. The zero-order chi connectivity index (χ0) is 17.8. The minimum absolute atomic E-state index is 0.306. The van der Waals surface area contributed by atoms with Crippen molar-refractivity contribution in [2.75, 3.05) is 25.4 Å². The van der Waals surface area contributed by atoms with Gasteiger partial charge in [-0.05, 0) is 51.3 Å². The second kappa shape index (κ2) is 7.40. The Morgan fingerprint density at radius 1 is 1.29 bits per heavy atom. The summed E-state index contributed by atoms with van der Waals surface area (Å²) < 4.78 is 5.37. The number of nitrogens with one attached hydrogen (secondary N) is 1. The first-order chi connectivity index (χ1) is 11.2. The number of rotatable bonds is 4. The molecule has 0 aliphatic carbocycles. The summed E-state index contributed by atoms with van der Waals surface area (Å²) in [5.41, 5.74) is 6.25. The lowest BCUT2D eigenvalue weighted by molar-refractivity contribution is -0.0310. The van der Waals surface area contributed by atoms with Gasteiger partial charge < -0.3 is 25.8 Å². The number of benzene rings is 1. The van der Waals surface area contributed by atoms with Crippen molar-refractivity contribution in [3.05, 3.63) is 29.8 Å². The lowest BCUT2D eigenvalue weighted by Gasteiger charge is -2.38. The highest BCUT2D eigenvalue weighted by Gasteiger charge is 2.35. The van der Waals surface area contributed by atoms with Gasteiger partial charge in [-0.2, -0.15) is 0 Å². The summed E-state index contributed by atoms with van der Waals surface area (Å²) in [6.07, 6.45) is 0.779. The van der Waals surface area contributed by atoms with Crippen LogP contribution in [0.4, 0.5) is 10.5 Å². The molecular weight excluding hydrogens is 306 g/mol. The number of amides is 1. The molecule has 0 unspecified atom stereocenters. The SMILES string of the molecule is CC(C)(C)OC(=O)N1CCC(O)(CNCc2ccc(N)cc2)CC1. The normalized spacial score (nSPS) is 17.6. The third kappa shape index (κ3) is 5.69. The summed E-state index contributed by atoms with van der Waals surface area (Å²) in [6.45, 7) is 7.76. The van der Waals surface area contributed by atoms with Gasteiger partial charge in [0, 0.05) is 31.9 Å². The third-order valence-electron chi connectivity index (χ3n) is 4.11. The van der Waals surface area contributed by atoms with Gasteiger partial charge in [-0.3, -0.25) is 0 Å². The fourth-order valence-electron chi connectivity index (χ4n) is 2.68. The summed E-state index contributed by atoms with van der Waals surface area (Å²) in [5.74, 6) is 0. The number of aliphatic hydroxyl groups is 1. The monoisotopic (exact) mass is 335 g/mol. The van der Waals surface area contributed by atoms with Crippen LogP contribution in [0, 0.1) is 0 Å². The minimum Gasteiger partial charge on any atom is -0.444 e. The number of hydrogen-bond acceptors (Lipinski definition) is 5. The maximum Gasteiger partial charge on any atom is 0.410 e. The van der Waals surface area contributed by atoms with E-state index in [2.05, 4.69) is 5.32 Å². The molecule has 2 rings (SSSR count). The second-order valence-corrected chi connectivity index (χ2v) is 7.54. The van der Waals surface area contributed by atoms with E-state index in [1.807, 2.05) is 45.0 Å². The highest BCUT2D eigenvalue weighted by molar-refractivity contribution is 5.68. The molecule has 1 heterocycles. The smallest absolute Gasteiger partial charge is 0.410 e. The lowest BCUT2D eigenvalue weighted by atomic mass is 9.91. The van der Waals surface area contributed by atoms with Gasteiger partial charge in [-0.25, -0.2) is 4.79 Å². The van der Waals surface area contributed by atoms with Crippen LogP contribution in [0.3, 0.4) is 0 Å². The molecule has 0 radical (unpaired) electrons. The molecule has 1 saturated heterocycles. The average molecular weight is 335 g/mol. The molecule has 0 aromatic heterocycles. The number of carbonyl (C=O) groups is 1. The van der Waals surface area contributed by atoms with Gasteiger partial charge in [0.15, 0.2) is 0 Å². The Kier molecular flexibility index (Phi) is 5.72. The predicted molar refractivity (Wildman–Crippen MR) is 94.6 cm³/mol. The van der Waals surface area contributed by atoms with E-state index >= 15 is 0 Å². The fraction of sp³-hybridized carbons (Fsp3) is 0.611. The van der Waals surface area contributed by atoms with Crippen molar-refractivity contribution in [1.82, 2.24) is 10.2 Å². The molecule has 0 spiro atoms. The molecule has 6 nitrogen and oxygen atoms in total. The van der Waals surface area contributed by atoms with Crippen LogP contribution in [0.25, 0.3) is 0 Å². The molecular formula is C18H29N3O3. The van der Waals surface area contributed by atoms with Crippen LogP contribution in [0.5, 0.6) is 0 Å². The maximum atomic E-state index is 12.0. The zero-order valence-electron chi connectivity index (χ0n) is 14.8. The lowest BCUT2D eigenvalue weighted by Crippen LogP contribution is -2.51. The summed E-state index contributed by atoms with van der Waals surface area (Å²) in [4.78, 5) is 13.7. The van der Waals surface area contributed by atoms with Crippen molar-refractivity contribution in [3.63, 3.8) is 0 Å². The van der Waals surface area contributed by atoms with E-state index in [9.17, 15) is 9.90 Å². The van der Waals surface area contributed by atoms with Crippen molar-refractivity contribution in [2.24, 2.45) is 0 Å². The predicted octanol–water partition coefficient (Wildman–Crippen LogP) is 2.12. The van der Waals surface area contributed by atoms with Crippen LogP contribution in [-0.2, 0) is 11.3 Å². The van der Waals surface area contributed by atoms with Crippen LogP contribution < -0.4 is 11.1 Å². The maximum absolute atomic E-state index is 12.0. The molecule has 1 aliphatic heterocycles. The number of nitrogen functional groups attached to an aromatic ring is 1. The van der Waals surface area contributed by atoms with Gasteiger partial charge in [0.25, 0.3) is 0 Å². The quantitative estimate of drug-likeness (QED) is 0.734. The van der Waals surface area contributed by atoms with Crippen molar-refractivity contribution >= 4 is 11.8 Å². The number of nitrogens with two attached hydrogens (primary N) is 1. The number of likely N-dealkylation sites (tertiary alicyclic amines) is 1. The van der Waals surface area contributed by atoms with Crippen LogP contribution in [0.15, 0.2) is 24.3 Å². The van der Waals surface area contributed by atoms with Gasteiger partial charge in [-0.15, -0.1) is 0 Å². The summed E-state index contributed by atoms with van der Waals surface area (Å²) in [5, 5.41) is 14.0. The summed E-state index contributed by atoms with van der Waals surface area (Å²) >= 11 is 0. The van der Waals surface area contributed by atoms with Crippen LogP contribution in [0.1, 0.15) is 39.2 Å². The van der Waals surface area contributed by atoms with E-state index in [1.54, 1.807) is 4.90 Å². The van der Waals surface area contributed by atoms with Crippen molar-refractivity contribution < 1.29 is 14.6 Å². The standard InChI is InChI=1S/C18H29N3O3/c1-17(2,3)24-16(22)21-10-8-18(23,9-11-21)13-20-12-14-4-6-15(19)7-5-14/h4-7,20,23H,8-13,19H2,1-3H3. The van der Waals surface area contributed by atoms with E-state index in [0.29, 0.717) is 39.0 Å². The molecule has 0 atom stereocenters. The van der Waals surface area contributed by atoms with Crippen molar-refractivity contribution in [1.29, 1.82) is 0 Å². The van der Waals surface area contributed by atoms with Crippen LogP contribution in [-0.4, -0.2) is 46.9 Å². The third-order valence-corrected chi connectivity index (χ3v) is 4.11. The Hall–Kier alpha value is -1.79. The molecule has 134 valence electrons. The number of piperidine rings is 1. The number of ether oxygens (including phenoxy) is 1. The molecule has 1 amide bonds. The van der Waals surface area contributed by atoms with Crippen molar-refractivity contribution in [3.8, 4) is 0 Å². The highest BCUT2D eigenvalue weighted by Crippen LogP contribution is 2.23. The molecule has 4 N–H and O–H groups in total. The highest BCUT2D eigenvalue weighted by atomic mass is 16.6.